The summed E-state index contributed by atoms with van der Waals surface area (Å²) in [6.45, 7) is 0. The fourth-order valence-electron chi connectivity index (χ4n) is 0. The van der Waals surface area contributed by atoms with Gasteiger partial charge in [0.05, 0.1) is 0 Å². The summed E-state index contributed by atoms with van der Waals surface area (Å²) in [6, 6.07) is 0. The first-order valence-corrected chi connectivity index (χ1v) is 0. The Balaban J connectivity index is 0. The van der Waals surface area contributed by atoms with Crippen molar-refractivity contribution in [2.24, 2.45) is 0 Å². The van der Waals surface area contributed by atoms with Gasteiger partial charge in [0, 0.05) is 0 Å². The standard InChI is InChI=1S/Ba.Bi.Li.H2O.6H/h;;;1H2;;;;;;/q+2;;+1;;;;;3*-1. The molecule has 0 rings (SSSR count). The van der Waals surface area contributed by atoms with Gasteiger partial charge in [-0.25, -0.2) is 0 Å². The zero-order chi connectivity index (χ0) is 0. The number of hydrogen-bond donors (Lipinski definition) is 0. The van der Waals surface area contributed by atoms with Crippen molar-refractivity contribution >= 4 is 75.1 Å². The second-order valence-electron chi connectivity index (χ2n) is 0. The zero-order valence-corrected chi connectivity index (χ0v) is 12.9. The van der Waals surface area contributed by atoms with Crippen molar-refractivity contribution in [3.8, 4) is 0 Å². The van der Waals surface area contributed by atoms with Crippen LogP contribution in [0.15, 0.2) is 0 Å². The molecule has 0 aromatic rings. The minimum Gasteiger partial charge on any atom is -1.00 e. The topological polar surface area (TPSA) is 31.5 Å². The van der Waals surface area contributed by atoms with Crippen LogP contribution in [0.2, 0.25) is 0 Å². The molecule has 0 amide bonds. The zero-order valence-electron chi connectivity index (χ0n) is 5.91. The summed E-state index contributed by atoms with van der Waals surface area (Å²) in [7, 11) is 0. The predicted molar refractivity (Wildman–Crippen MR) is 22.6 cm³/mol. The van der Waals surface area contributed by atoms with Gasteiger partial charge < -0.3 is 9.76 Å². The van der Waals surface area contributed by atoms with Crippen molar-refractivity contribution in [3.63, 3.8) is 0 Å². The molecule has 4 heavy (non-hydrogen) atoms. The minimum atomic E-state index is 0. The van der Waals surface area contributed by atoms with Crippen molar-refractivity contribution < 1.29 is 28.6 Å². The maximum absolute atomic E-state index is 0. The summed E-state index contributed by atoms with van der Waals surface area (Å²) in [5.41, 5.74) is 0. The van der Waals surface area contributed by atoms with Crippen LogP contribution in [-0.2, 0) is 0 Å². The molecule has 22 valence electrons. The van der Waals surface area contributed by atoms with Crippen molar-refractivity contribution in [3.05, 3.63) is 0 Å². The van der Waals surface area contributed by atoms with E-state index in [0.29, 0.717) is 0 Å². The summed E-state index contributed by atoms with van der Waals surface area (Å²) in [5, 5.41) is 0. The summed E-state index contributed by atoms with van der Waals surface area (Å²) < 4.78 is 0. The van der Waals surface area contributed by atoms with Gasteiger partial charge in [-0.15, -0.1) is 0 Å². The quantitative estimate of drug-likeness (QED) is 0.379. The van der Waals surface area contributed by atoms with E-state index in [2.05, 4.69) is 0 Å². The largest absolute Gasteiger partial charge is 1.00 e. The second-order valence-corrected chi connectivity index (χ2v) is 0. The van der Waals surface area contributed by atoms with Gasteiger partial charge in [-0.3, -0.25) is 0 Å². The summed E-state index contributed by atoms with van der Waals surface area (Å²) in [4.78, 5) is 0. The monoisotopic (exact) mass is 378 g/mol. The molecule has 0 aromatic heterocycles. The maximum Gasteiger partial charge on any atom is 1.00 e. The van der Waals surface area contributed by atoms with Crippen LogP contribution in [0.1, 0.15) is 4.28 Å². The molecule has 0 fully saturated rings. The first kappa shape index (κ1) is 27.9. The third-order valence-electron chi connectivity index (χ3n) is 0. The van der Waals surface area contributed by atoms with Crippen molar-refractivity contribution in [2.75, 3.05) is 0 Å². The van der Waals surface area contributed by atoms with Crippen LogP contribution < -0.4 is 18.9 Å². The molecule has 0 aliphatic heterocycles. The van der Waals surface area contributed by atoms with Crippen molar-refractivity contribution in [1.82, 2.24) is 0 Å². The Morgan fingerprint density at radius 1 is 1.25 bits per heavy atom. The van der Waals surface area contributed by atoms with Gasteiger partial charge >= 0.3 is 93.9 Å². The Morgan fingerprint density at radius 3 is 1.25 bits per heavy atom. The van der Waals surface area contributed by atoms with Crippen LogP contribution in [0, 0.1) is 0 Å². The Bertz CT molecular complexity index is 14.9. The molecule has 0 saturated carbocycles. The molecule has 4 heteroatoms. The maximum atomic E-state index is 0. The normalized spacial score (nSPS) is 0. The van der Waals surface area contributed by atoms with E-state index in [-0.39, 0.29) is 104 Å². The van der Waals surface area contributed by atoms with E-state index < -0.39 is 0 Å². The van der Waals surface area contributed by atoms with Crippen LogP contribution >= 0.6 is 0 Å². The Labute approximate surface area is 101 Å². The first-order chi connectivity index (χ1) is 0. The molecular weight excluding hydrogens is 369 g/mol. The van der Waals surface area contributed by atoms with Gasteiger partial charge in [-0.05, 0) is 0 Å². The average molecular weight is 377 g/mol. The smallest absolute Gasteiger partial charge is 1.00 e. The van der Waals surface area contributed by atoms with Crippen molar-refractivity contribution in [2.45, 2.75) is 0 Å². The van der Waals surface area contributed by atoms with E-state index >= 15 is 0 Å². The van der Waals surface area contributed by atoms with Crippen LogP contribution in [0.5, 0.6) is 0 Å². The van der Waals surface area contributed by atoms with E-state index in [4.69, 9.17) is 0 Å². The molecule has 0 aliphatic rings. The van der Waals surface area contributed by atoms with Gasteiger partial charge in [-0.1, -0.05) is 0 Å². The Hall–Kier alpha value is 3.01. The van der Waals surface area contributed by atoms with Crippen LogP contribution in [0.3, 0.4) is 0 Å². The van der Waals surface area contributed by atoms with Gasteiger partial charge in [-0.2, -0.15) is 0 Å². The van der Waals surface area contributed by atoms with E-state index in [1.807, 2.05) is 0 Å². The minimum absolute atomic E-state index is 0. The van der Waals surface area contributed by atoms with Gasteiger partial charge in [0.1, 0.15) is 0 Å². The molecule has 0 spiro atoms. The van der Waals surface area contributed by atoms with E-state index in [1.54, 1.807) is 0 Å². The molecule has 0 aliphatic carbocycles. The van der Waals surface area contributed by atoms with Gasteiger partial charge in [0.2, 0.25) is 0 Å². The summed E-state index contributed by atoms with van der Waals surface area (Å²) in [6.07, 6.45) is 0. The molecule has 0 radical (unpaired) electrons. The van der Waals surface area contributed by atoms with Crippen LogP contribution in [0.25, 0.3) is 0 Å². The number of rotatable bonds is 0. The summed E-state index contributed by atoms with van der Waals surface area (Å²) in [5.74, 6) is 0. The molecule has 0 atom stereocenters. The Kier molecular flexibility index (Phi) is 116. The van der Waals surface area contributed by atoms with E-state index in [1.165, 1.54) is 0 Å². The van der Waals surface area contributed by atoms with Crippen LogP contribution in [-0.4, -0.2) is 80.6 Å². The molecule has 0 heterocycles. The van der Waals surface area contributed by atoms with Crippen molar-refractivity contribution in [1.29, 1.82) is 0 Å². The molecular formula is H8BaBiLiO. The van der Waals surface area contributed by atoms with Gasteiger partial charge in [0.25, 0.3) is 0 Å². The molecule has 0 saturated heterocycles. The third kappa shape index (κ3) is 8.89. The van der Waals surface area contributed by atoms with Crippen LogP contribution in [0.4, 0.5) is 0 Å². The fraction of sp³-hybridized carbons (Fsp3) is 0. The average Bonchev–Trinajstić information content (AvgIpc) is 0. The second kappa shape index (κ2) is 16.6. The predicted octanol–water partition coefficient (Wildman–Crippen LogP) is -5.05. The fourth-order valence-corrected chi connectivity index (χ4v) is 0. The van der Waals surface area contributed by atoms with Gasteiger partial charge in [0.15, 0.2) is 0 Å². The molecule has 1 nitrogen and oxygen atoms in total. The molecule has 0 unspecified atom stereocenters. The molecule has 2 N–H and O–H groups in total. The number of hydrogen-bond acceptors (Lipinski definition) is 0. The SMILES string of the molecule is O.[Ba+2].[BiH3].[H-].[H-].[H-].[Li+]. The molecule has 0 aromatic carbocycles. The van der Waals surface area contributed by atoms with E-state index in [9.17, 15) is 0 Å². The van der Waals surface area contributed by atoms with E-state index in [0.717, 1.165) is 0 Å². The Morgan fingerprint density at radius 2 is 1.25 bits per heavy atom. The first-order valence-electron chi connectivity index (χ1n) is 0. The third-order valence-corrected chi connectivity index (χ3v) is 0. The summed E-state index contributed by atoms with van der Waals surface area (Å²) >= 11 is 0. The molecule has 0 bridgehead atoms.